The number of nitrogens with zero attached hydrogens (tertiary/aromatic N) is 2. The number of aliphatic imine (C=N–C) groups is 1. The second kappa shape index (κ2) is 9.50. The summed E-state index contributed by atoms with van der Waals surface area (Å²) < 4.78 is 36.4. The van der Waals surface area contributed by atoms with Crippen molar-refractivity contribution in [2.45, 2.75) is 24.8 Å². The minimum Gasteiger partial charge on any atom is -0.357 e. The number of hydrogen-bond acceptors (Lipinski definition) is 3. The Labute approximate surface area is 160 Å². The summed E-state index contributed by atoms with van der Waals surface area (Å²) in [5.74, 6) is 0.495. The fourth-order valence-corrected chi connectivity index (χ4v) is 3.28. The van der Waals surface area contributed by atoms with Gasteiger partial charge in [-0.2, -0.15) is 0 Å². The van der Waals surface area contributed by atoms with Gasteiger partial charge in [-0.1, -0.05) is 24.3 Å². The molecule has 0 fully saturated rings. The molecule has 27 heavy (non-hydrogen) atoms. The minimum absolute atomic E-state index is 0.250. The zero-order valence-corrected chi connectivity index (χ0v) is 16.8. The van der Waals surface area contributed by atoms with E-state index in [9.17, 15) is 12.8 Å². The van der Waals surface area contributed by atoms with Crippen molar-refractivity contribution in [1.29, 1.82) is 0 Å². The lowest BCUT2D eigenvalue weighted by atomic mass is 10.1. The molecule has 0 radical (unpaired) electrons. The number of nitrogens with one attached hydrogen (secondary N) is 1. The normalized spacial score (nSPS) is 12.1. The second-order valence-corrected chi connectivity index (χ2v) is 8.40. The first kappa shape index (κ1) is 20.9. The highest BCUT2D eigenvalue weighted by Crippen LogP contribution is 2.11. The lowest BCUT2D eigenvalue weighted by molar-refractivity contribution is 0.475. The van der Waals surface area contributed by atoms with Crippen LogP contribution < -0.4 is 5.32 Å². The predicted molar refractivity (Wildman–Crippen MR) is 107 cm³/mol. The van der Waals surface area contributed by atoms with E-state index in [0.29, 0.717) is 24.4 Å². The molecule has 146 valence electrons. The third kappa shape index (κ3) is 6.67. The van der Waals surface area contributed by atoms with Crippen molar-refractivity contribution >= 4 is 15.8 Å². The highest BCUT2D eigenvalue weighted by Gasteiger charge is 2.08. The Morgan fingerprint density at radius 2 is 1.85 bits per heavy atom. The molecule has 0 atom stereocenters. The van der Waals surface area contributed by atoms with Gasteiger partial charge in [-0.15, -0.1) is 0 Å². The summed E-state index contributed by atoms with van der Waals surface area (Å²) in [7, 11) is -1.27. The van der Waals surface area contributed by atoms with Gasteiger partial charge in [0.15, 0.2) is 15.8 Å². The van der Waals surface area contributed by atoms with E-state index in [1.54, 1.807) is 18.2 Å². The smallest absolute Gasteiger partial charge is 0.193 e. The molecular formula is C20H26FN3O2S. The van der Waals surface area contributed by atoms with Crippen molar-refractivity contribution in [3.63, 3.8) is 0 Å². The maximum Gasteiger partial charge on any atom is 0.193 e. The third-order valence-corrected chi connectivity index (χ3v) is 5.15. The maximum atomic E-state index is 13.4. The summed E-state index contributed by atoms with van der Waals surface area (Å²) in [6.45, 7) is 3.84. The molecule has 0 amide bonds. The zero-order chi connectivity index (χ0) is 19.9. The van der Waals surface area contributed by atoms with Gasteiger partial charge >= 0.3 is 0 Å². The third-order valence-electron chi connectivity index (χ3n) is 4.02. The number of hydrogen-bond donors (Lipinski definition) is 1. The zero-order valence-electron chi connectivity index (χ0n) is 15.9. The molecule has 7 heteroatoms. The molecule has 0 saturated carbocycles. The standard InChI is InChI=1S/C20H26FN3O2S/c1-4-22-20(24(2)15-17-6-5-7-18(21)14-17)23-13-12-16-8-10-19(11-9-16)27(3,25)26/h5-11,14H,4,12-13,15H2,1-3H3,(H,22,23). The summed E-state index contributed by atoms with van der Waals surface area (Å²) in [4.78, 5) is 6.88. The van der Waals surface area contributed by atoms with Crippen LogP contribution in [0, 0.1) is 5.82 Å². The van der Waals surface area contributed by atoms with Crippen molar-refractivity contribution in [2.24, 2.45) is 4.99 Å². The largest absolute Gasteiger partial charge is 0.357 e. The highest BCUT2D eigenvalue weighted by atomic mass is 32.2. The molecule has 2 aromatic rings. The number of benzene rings is 2. The molecule has 0 aliphatic heterocycles. The quantitative estimate of drug-likeness (QED) is 0.582. The molecule has 0 heterocycles. The van der Waals surface area contributed by atoms with E-state index in [1.807, 2.05) is 37.1 Å². The van der Waals surface area contributed by atoms with Crippen molar-refractivity contribution in [1.82, 2.24) is 10.2 Å². The molecule has 0 aromatic heterocycles. The Kier molecular flexibility index (Phi) is 7.36. The van der Waals surface area contributed by atoms with E-state index in [1.165, 1.54) is 18.4 Å². The summed E-state index contributed by atoms with van der Waals surface area (Å²) in [5, 5.41) is 3.24. The molecule has 0 spiro atoms. The fourth-order valence-electron chi connectivity index (χ4n) is 2.65. The van der Waals surface area contributed by atoms with Crippen LogP contribution in [0.3, 0.4) is 0 Å². The lowest BCUT2D eigenvalue weighted by Gasteiger charge is -2.22. The van der Waals surface area contributed by atoms with E-state index in [-0.39, 0.29) is 5.82 Å². The van der Waals surface area contributed by atoms with E-state index in [0.717, 1.165) is 23.6 Å². The molecule has 0 unspecified atom stereocenters. The van der Waals surface area contributed by atoms with Gasteiger partial charge in [0.2, 0.25) is 0 Å². The first-order valence-corrected chi connectivity index (χ1v) is 10.7. The van der Waals surface area contributed by atoms with Crippen LogP contribution >= 0.6 is 0 Å². The fraction of sp³-hybridized carbons (Fsp3) is 0.350. The average molecular weight is 392 g/mol. The van der Waals surface area contributed by atoms with E-state index in [2.05, 4.69) is 10.3 Å². The Balaban J connectivity index is 2.00. The molecule has 1 N–H and O–H groups in total. The van der Waals surface area contributed by atoms with Crippen LogP contribution in [0.2, 0.25) is 0 Å². The Hall–Kier alpha value is -2.41. The minimum atomic E-state index is -3.18. The van der Waals surface area contributed by atoms with E-state index >= 15 is 0 Å². The van der Waals surface area contributed by atoms with Crippen molar-refractivity contribution in [3.05, 3.63) is 65.5 Å². The van der Waals surface area contributed by atoms with Gasteiger partial charge in [-0.05, 0) is 48.7 Å². The maximum absolute atomic E-state index is 13.4. The lowest BCUT2D eigenvalue weighted by Crippen LogP contribution is -2.38. The first-order chi connectivity index (χ1) is 12.8. The van der Waals surface area contributed by atoms with Crippen molar-refractivity contribution < 1.29 is 12.8 Å². The molecule has 0 aliphatic carbocycles. The summed E-state index contributed by atoms with van der Waals surface area (Å²) in [6, 6.07) is 13.4. The van der Waals surface area contributed by atoms with Gasteiger partial charge in [0.05, 0.1) is 4.90 Å². The number of rotatable bonds is 7. The first-order valence-electron chi connectivity index (χ1n) is 8.82. The molecule has 0 bridgehead atoms. The SMILES string of the molecule is CCNC(=NCCc1ccc(S(C)(=O)=O)cc1)N(C)Cc1cccc(F)c1. The van der Waals surface area contributed by atoms with E-state index in [4.69, 9.17) is 0 Å². The van der Waals surface area contributed by atoms with Crippen molar-refractivity contribution in [3.8, 4) is 0 Å². The molecule has 0 aliphatic rings. The Morgan fingerprint density at radius 1 is 1.15 bits per heavy atom. The molecule has 2 aromatic carbocycles. The van der Waals surface area contributed by atoms with Gasteiger partial charge in [0.25, 0.3) is 0 Å². The molecule has 5 nitrogen and oxygen atoms in total. The van der Waals surface area contributed by atoms with Gasteiger partial charge in [0, 0.05) is 32.9 Å². The summed E-state index contributed by atoms with van der Waals surface area (Å²) in [5.41, 5.74) is 1.90. The van der Waals surface area contributed by atoms with Crippen LogP contribution in [-0.4, -0.2) is 45.7 Å². The predicted octanol–water partition coefficient (Wildman–Crippen LogP) is 2.87. The number of sulfone groups is 1. The van der Waals surface area contributed by atoms with Gasteiger partial charge in [0.1, 0.15) is 5.82 Å². The van der Waals surface area contributed by atoms with Crippen LogP contribution in [0.5, 0.6) is 0 Å². The molecular weight excluding hydrogens is 365 g/mol. The number of halogens is 1. The number of guanidine groups is 1. The van der Waals surface area contributed by atoms with Crippen LogP contribution in [0.15, 0.2) is 58.4 Å². The molecule has 0 saturated heterocycles. The van der Waals surface area contributed by atoms with Gasteiger partial charge in [-0.25, -0.2) is 12.8 Å². The highest BCUT2D eigenvalue weighted by molar-refractivity contribution is 7.90. The van der Waals surface area contributed by atoms with Crippen LogP contribution in [0.4, 0.5) is 4.39 Å². The Morgan fingerprint density at radius 3 is 2.44 bits per heavy atom. The summed E-state index contributed by atoms with van der Waals surface area (Å²) >= 11 is 0. The molecule has 2 rings (SSSR count). The van der Waals surface area contributed by atoms with Crippen LogP contribution in [-0.2, 0) is 22.8 Å². The average Bonchev–Trinajstić information content (AvgIpc) is 2.60. The van der Waals surface area contributed by atoms with E-state index < -0.39 is 9.84 Å². The monoisotopic (exact) mass is 391 g/mol. The van der Waals surface area contributed by atoms with Gasteiger partial charge < -0.3 is 10.2 Å². The Bertz CT molecular complexity index is 880. The topological polar surface area (TPSA) is 61.8 Å². The summed E-state index contributed by atoms with van der Waals surface area (Å²) in [6.07, 6.45) is 1.90. The van der Waals surface area contributed by atoms with Gasteiger partial charge in [-0.3, -0.25) is 4.99 Å². The van der Waals surface area contributed by atoms with Crippen molar-refractivity contribution in [2.75, 3.05) is 26.4 Å². The van der Waals surface area contributed by atoms with Crippen LogP contribution in [0.1, 0.15) is 18.1 Å². The van der Waals surface area contributed by atoms with Crippen LogP contribution in [0.25, 0.3) is 0 Å². The second-order valence-electron chi connectivity index (χ2n) is 6.39.